The predicted octanol–water partition coefficient (Wildman–Crippen LogP) is 3.47. The number of rotatable bonds is 3. The Morgan fingerprint density at radius 1 is 1.04 bits per heavy atom. The summed E-state index contributed by atoms with van der Waals surface area (Å²) in [6.45, 7) is 4.83. The second-order valence-corrected chi connectivity index (χ2v) is 6.57. The molecule has 0 radical (unpaired) electrons. The van der Waals surface area contributed by atoms with Gasteiger partial charge in [0.15, 0.2) is 0 Å². The fraction of sp³-hybridized carbons (Fsp3) is 0.263. The molecule has 0 N–H and O–H groups in total. The molecule has 4 nitrogen and oxygen atoms in total. The van der Waals surface area contributed by atoms with Crippen LogP contribution in [0, 0.1) is 19.7 Å². The molecule has 1 aliphatic rings. The van der Waals surface area contributed by atoms with Crippen LogP contribution < -0.4 is 4.90 Å². The summed E-state index contributed by atoms with van der Waals surface area (Å²) < 4.78 is 13.2. The van der Waals surface area contributed by atoms with Gasteiger partial charge in [-0.1, -0.05) is 35.9 Å². The van der Waals surface area contributed by atoms with E-state index in [-0.39, 0.29) is 11.6 Å². The molecule has 0 bridgehead atoms. The fourth-order valence-electron chi connectivity index (χ4n) is 3.13. The van der Waals surface area contributed by atoms with Crippen molar-refractivity contribution in [2.45, 2.75) is 20.4 Å². The van der Waals surface area contributed by atoms with Gasteiger partial charge in [-0.15, -0.1) is 0 Å². The molecule has 0 saturated carbocycles. The maximum atomic E-state index is 13.2. The van der Waals surface area contributed by atoms with Crippen LogP contribution in [0.4, 0.5) is 10.1 Å². The topological polar surface area (TPSA) is 40.6 Å². The van der Waals surface area contributed by atoms with E-state index in [4.69, 9.17) is 11.6 Å². The van der Waals surface area contributed by atoms with E-state index in [1.54, 1.807) is 0 Å². The summed E-state index contributed by atoms with van der Waals surface area (Å²) in [6.07, 6.45) is 0. The van der Waals surface area contributed by atoms with Crippen LogP contribution in [0.2, 0.25) is 5.02 Å². The monoisotopic (exact) mass is 360 g/mol. The lowest BCUT2D eigenvalue weighted by Gasteiger charge is -2.35. The highest BCUT2D eigenvalue weighted by Crippen LogP contribution is 2.27. The minimum atomic E-state index is -0.575. The molecule has 0 aliphatic carbocycles. The van der Waals surface area contributed by atoms with Crippen molar-refractivity contribution in [3.05, 3.63) is 63.9 Å². The number of nitrogens with zero attached hydrogens (tertiary/aromatic N) is 2. The van der Waals surface area contributed by atoms with Crippen molar-refractivity contribution >= 4 is 29.1 Å². The van der Waals surface area contributed by atoms with Crippen LogP contribution in [0.25, 0.3) is 0 Å². The zero-order valence-corrected chi connectivity index (χ0v) is 14.8. The maximum Gasteiger partial charge on any atom is 0.316 e. The number of para-hydroxylation sites is 1. The third-order valence-electron chi connectivity index (χ3n) is 4.39. The van der Waals surface area contributed by atoms with Crippen molar-refractivity contribution < 1.29 is 14.0 Å². The highest BCUT2D eigenvalue weighted by molar-refractivity contribution is 6.41. The van der Waals surface area contributed by atoms with Crippen molar-refractivity contribution in [2.24, 2.45) is 0 Å². The van der Waals surface area contributed by atoms with E-state index in [2.05, 4.69) is 0 Å². The first-order valence-electron chi connectivity index (χ1n) is 7.99. The van der Waals surface area contributed by atoms with Gasteiger partial charge in [0, 0.05) is 24.7 Å². The summed E-state index contributed by atoms with van der Waals surface area (Å²) >= 11 is 6.03. The van der Waals surface area contributed by atoms with Gasteiger partial charge >= 0.3 is 11.8 Å². The summed E-state index contributed by atoms with van der Waals surface area (Å²) in [5, 5.41) is 0.248. The van der Waals surface area contributed by atoms with Gasteiger partial charge in [0.05, 0.1) is 5.69 Å². The number of halogens is 2. The molecule has 1 heterocycles. The van der Waals surface area contributed by atoms with Crippen LogP contribution in [0.15, 0.2) is 36.4 Å². The minimum Gasteiger partial charge on any atom is -0.328 e. The Bertz CT molecular complexity index is 833. The molecule has 2 amide bonds. The van der Waals surface area contributed by atoms with E-state index in [1.165, 1.54) is 28.0 Å². The van der Waals surface area contributed by atoms with Crippen LogP contribution in [-0.4, -0.2) is 29.8 Å². The lowest BCUT2D eigenvalue weighted by atomic mass is 10.1. The highest BCUT2D eigenvalue weighted by Gasteiger charge is 2.34. The summed E-state index contributed by atoms with van der Waals surface area (Å²) in [4.78, 5) is 28.1. The number of carbonyl (C=O) groups excluding carboxylic acids is 2. The van der Waals surface area contributed by atoms with Gasteiger partial charge in [0.2, 0.25) is 0 Å². The highest BCUT2D eigenvalue weighted by atomic mass is 35.5. The lowest BCUT2D eigenvalue weighted by Crippen LogP contribution is -2.54. The first-order chi connectivity index (χ1) is 11.9. The number of anilines is 1. The average Bonchev–Trinajstić information content (AvgIpc) is 2.56. The molecule has 130 valence electrons. The van der Waals surface area contributed by atoms with Crippen LogP contribution in [0.3, 0.4) is 0 Å². The van der Waals surface area contributed by atoms with Crippen molar-refractivity contribution in [3.8, 4) is 0 Å². The summed E-state index contributed by atoms with van der Waals surface area (Å²) in [7, 11) is 0. The van der Waals surface area contributed by atoms with Gasteiger partial charge in [-0.25, -0.2) is 4.39 Å². The zero-order chi connectivity index (χ0) is 18.1. The van der Waals surface area contributed by atoms with E-state index >= 15 is 0 Å². The van der Waals surface area contributed by atoms with Gasteiger partial charge in [-0.05, 0) is 42.7 Å². The third kappa shape index (κ3) is 3.37. The van der Waals surface area contributed by atoms with E-state index < -0.39 is 17.6 Å². The second-order valence-electron chi connectivity index (χ2n) is 6.16. The molecule has 2 aromatic rings. The minimum absolute atomic E-state index is 0.185. The van der Waals surface area contributed by atoms with Crippen LogP contribution in [0.5, 0.6) is 0 Å². The van der Waals surface area contributed by atoms with E-state index in [0.717, 1.165) is 16.8 Å². The molecular formula is C19H18ClFN2O2. The maximum absolute atomic E-state index is 13.2. The van der Waals surface area contributed by atoms with Crippen LogP contribution in [0.1, 0.15) is 16.7 Å². The normalized spacial score (nSPS) is 15.0. The SMILES string of the molecule is Cc1cccc(C)c1N1CCN(Cc2ccc(F)cc2Cl)C(=O)C1=O. The van der Waals surface area contributed by atoms with Crippen LogP contribution in [-0.2, 0) is 16.1 Å². The Labute approximate surface area is 150 Å². The summed E-state index contributed by atoms with van der Waals surface area (Å²) in [5.41, 5.74) is 3.32. The quantitative estimate of drug-likeness (QED) is 0.786. The van der Waals surface area contributed by atoms with Crippen molar-refractivity contribution in [1.29, 1.82) is 0 Å². The molecule has 1 fully saturated rings. The van der Waals surface area contributed by atoms with Gasteiger partial charge in [0.25, 0.3) is 0 Å². The number of hydrogen-bond donors (Lipinski definition) is 0. The average molecular weight is 361 g/mol. The smallest absolute Gasteiger partial charge is 0.316 e. The van der Waals surface area contributed by atoms with Gasteiger partial charge < -0.3 is 9.80 Å². The zero-order valence-electron chi connectivity index (χ0n) is 14.1. The first-order valence-corrected chi connectivity index (χ1v) is 8.37. The molecule has 25 heavy (non-hydrogen) atoms. The Morgan fingerprint density at radius 3 is 2.36 bits per heavy atom. The molecule has 1 saturated heterocycles. The van der Waals surface area contributed by atoms with Crippen molar-refractivity contribution in [2.75, 3.05) is 18.0 Å². The second kappa shape index (κ2) is 6.84. The molecule has 1 aliphatic heterocycles. The van der Waals surface area contributed by atoms with Gasteiger partial charge in [0.1, 0.15) is 5.82 Å². The predicted molar refractivity (Wildman–Crippen MR) is 95.1 cm³/mol. The molecule has 0 spiro atoms. The molecule has 0 aromatic heterocycles. The third-order valence-corrected chi connectivity index (χ3v) is 4.75. The number of benzene rings is 2. The fourth-order valence-corrected chi connectivity index (χ4v) is 3.35. The first kappa shape index (κ1) is 17.4. The summed E-state index contributed by atoms with van der Waals surface area (Å²) in [6, 6.07) is 9.80. The number of hydrogen-bond acceptors (Lipinski definition) is 2. The molecule has 3 rings (SSSR count). The standard InChI is InChI=1S/C19H18ClFN2O2/c1-12-4-3-5-13(2)17(12)23-9-8-22(18(24)19(23)25)11-14-6-7-15(21)10-16(14)20/h3-7,10H,8-9,11H2,1-2H3. The van der Waals surface area contributed by atoms with E-state index in [9.17, 15) is 14.0 Å². The number of piperazine rings is 1. The molecule has 2 aromatic carbocycles. The molecule has 6 heteroatoms. The molecular weight excluding hydrogens is 343 g/mol. The Morgan fingerprint density at radius 2 is 1.72 bits per heavy atom. The van der Waals surface area contributed by atoms with Crippen LogP contribution >= 0.6 is 11.6 Å². The molecule has 0 atom stereocenters. The molecule has 0 unspecified atom stereocenters. The van der Waals surface area contributed by atoms with Gasteiger partial charge in [-0.2, -0.15) is 0 Å². The van der Waals surface area contributed by atoms with E-state index in [1.807, 2.05) is 32.0 Å². The number of aryl methyl sites for hydroxylation is 2. The number of carbonyl (C=O) groups is 2. The lowest BCUT2D eigenvalue weighted by molar-refractivity contribution is -0.146. The number of amides is 2. The largest absolute Gasteiger partial charge is 0.328 e. The Balaban J connectivity index is 1.81. The van der Waals surface area contributed by atoms with Gasteiger partial charge in [-0.3, -0.25) is 9.59 Å². The Kier molecular flexibility index (Phi) is 4.77. The summed E-state index contributed by atoms with van der Waals surface area (Å²) in [5.74, 6) is -1.56. The van der Waals surface area contributed by atoms with Crippen molar-refractivity contribution in [3.63, 3.8) is 0 Å². The van der Waals surface area contributed by atoms with Crippen molar-refractivity contribution in [1.82, 2.24) is 4.90 Å². The van der Waals surface area contributed by atoms with E-state index in [0.29, 0.717) is 18.7 Å². The Hall–Kier alpha value is -2.40.